The van der Waals surface area contributed by atoms with E-state index in [1.165, 1.54) is 77.0 Å². The second-order valence-corrected chi connectivity index (χ2v) is 8.13. The summed E-state index contributed by atoms with van der Waals surface area (Å²) in [6.45, 7) is 13.0. The Morgan fingerprint density at radius 2 is 0.708 bits per heavy atom. The summed E-state index contributed by atoms with van der Waals surface area (Å²) in [5.41, 5.74) is 0. The highest BCUT2D eigenvalue weighted by Gasteiger charge is 1.96. The second-order valence-electron chi connectivity index (χ2n) is 8.13. The Morgan fingerprint density at radius 1 is 0.417 bits per heavy atom. The zero-order chi connectivity index (χ0) is 17.9. The molecule has 0 saturated heterocycles. The monoisotopic (exact) mass is 342 g/mol. The zero-order valence-electron chi connectivity index (χ0n) is 17.3. The van der Waals surface area contributed by atoms with Gasteiger partial charge in [-0.25, -0.2) is 0 Å². The van der Waals surface area contributed by atoms with Crippen molar-refractivity contribution in [3.63, 3.8) is 0 Å². The van der Waals surface area contributed by atoms with Crippen molar-refractivity contribution in [1.29, 1.82) is 0 Å². The molecule has 0 spiro atoms. The summed E-state index contributed by atoms with van der Waals surface area (Å²) in [6, 6.07) is 0. The molecule has 0 radical (unpaired) electrons. The largest absolute Gasteiger partial charge is 0.381 e. The van der Waals surface area contributed by atoms with E-state index in [1.54, 1.807) is 0 Å². The molecule has 0 aromatic carbocycles. The van der Waals surface area contributed by atoms with Crippen LogP contribution in [0.5, 0.6) is 0 Å². The molecule has 0 atom stereocenters. The summed E-state index contributed by atoms with van der Waals surface area (Å²) >= 11 is 0. The molecule has 0 aromatic rings. The number of ether oxygens (including phenoxy) is 2. The Balaban J connectivity index is 2.98. The molecule has 0 unspecified atom stereocenters. The van der Waals surface area contributed by atoms with Crippen LogP contribution in [0.2, 0.25) is 0 Å². The third kappa shape index (κ3) is 21.9. The smallest absolute Gasteiger partial charge is 0.0466 e. The maximum absolute atomic E-state index is 5.71. The van der Waals surface area contributed by atoms with E-state index in [2.05, 4.69) is 27.7 Å². The summed E-state index contributed by atoms with van der Waals surface area (Å²) in [7, 11) is 0. The Hall–Kier alpha value is -0.0800. The van der Waals surface area contributed by atoms with Crippen molar-refractivity contribution in [2.45, 2.75) is 105 Å². The number of unbranched alkanes of at least 4 members (excludes halogenated alkanes) is 7. The van der Waals surface area contributed by atoms with Crippen LogP contribution in [-0.4, -0.2) is 26.4 Å². The van der Waals surface area contributed by atoms with Crippen LogP contribution in [-0.2, 0) is 9.47 Å². The lowest BCUT2D eigenvalue weighted by atomic mass is 10.0. The summed E-state index contributed by atoms with van der Waals surface area (Å²) in [5.74, 6) is 1.70. The predicted molar refractivity (Wildman–Crippen MR) is 107 cm³/mol. The van der Waals surface area contributed by atoms with E-state index in [4.69, 9.17) is 9.47 Å². The van der Waals surface area contributed by atoms with Crippen LogP contribution >= 0.6 is 0 Å². The molecule has 0 fully saturated rings. The minimum atomic E-state index is 0.845. The van der Waals surface area contributed by atoms with Gasteiger partial charge in [0.05, 0.1) is 0 Å². The van der Waals surface area contributed by atoms with Crippen LogP contribution in [0.1, 0.15) is 105 Å². The average Bonchev–Trinajstić information content (AvgIpc) is 2.53. The summed E-state index contributed by atoms with van der Waals surface area (Å²) in [4.78, 5) is 0. The lowest BCUT2D eigenvalue weighted by Crippen LogP contribution is -2.00. The fourth-order valence-electron chi connectivity index (χ4n) is 2.83. The van der Waals surface area contributed by atoms with Crippen LogP contribution in [0, 0.1) is 11.8 Å². The Morgan fingerprint density at radius 3 is 1.08 bits per heavy atom. The van der Waals surface area contributed by atoms with E-state index in [0.717, 1.165) is 38.3 Å². The van der Waals surface area contributed by atoms with Crippen LogP contribution < -0.4 is 0 Å². The first-order chi connectivity index (χ1) is 11.6. The molecule has 0 bridgehead atoms. The van der Waals surface area contributed by atoms with E-state index in [9.17, 15) is 0 Å². The SMILES string of the molecule is CC(C)CCCCCCOCCCCCOCCCCCC(C)C. The van der Waals surface area contributed by atoms with Crippen molar-refractivity contribution in [2.24, 2.45) is 11.8 Å². The molecule has 2 nitrogen and oxygen atoms in total. The number of hydrogen-bond acceptors (Lipinski definition) is 2. The maximum atomic E-state index is 5.71. The zero-order valence-corrected chi connectivity index (χ0v) is 17.3. The van der Waals surface area contributed by atoms with E-state index in [-0.39, 0.29) is 0 Å². The van der Waals surface area contributed by atoms with Crippen molar-refractivity contribution in [3.05, 3.63) is 0 Å². The molecular weight excluding hydrogens is 296 g/mol. The normalized spacial score (nSPS) is 11.8. The van der Waals surface area contributed by atoms with Gasteiger partial charge in [-0.1, -0.05) is 72.6 Å². The van der Waals surface area contributed by atoms with E-state index in [0.29, 0.717) is 0 Å². The molecule has 24 heavy (non-hydrogen) atoms. The minimum absolute atomic E-state index is 0.845. The maximum Gasteiger partial charge on any atom is 0.0466 e. The average molecular weight is 343 g/mol. The molecule has 146 valence electrons. The van der Waals surface area contributed by atoms with Crippen LogP contribution in [0.15, 0.2) is 0 Å². The molecule has 0 heterocycles. The van der Waals surface area contributed by atoms with Crippen molar-refractivity contribution in [3.8, 4) is 0 Å². The van der Waals surface area contributed by atoms with Gasteiger partial charge in [0.1, 0.15) is 0 Å². The first-order valence-electron chi connectivity index (χ1n) is 10.8. The number of rotatable bonds is 19. The molecule has 2 heteroatoms. The first-order valence-corrected chi connectivity index (χ1v) is 10.8. The van der Waals surface area contributed by atoms with Gasteiger partial charge < -0.3 is 9.47 Å². The molecule has 0 saturated carbocycles. The molecule has 0 aliphatic rings. The quantitative estimate of drug-likeness (QED) is 0.235. The van der Waals surface area contributed by atoms with Gasteiger partial charge in [-0.2, -0.15) is 0 Å². The minimum Gasteiger partial charge on any atom is -0.381 e. The molecule has 0 aliphatic carbocycles. The van der Waals surface area contributed by atoms with Gasteiger partial charge in [-0.05, 0) is 43.9 Å². The molecule has 0 N–H and O–H groups in total. The van der Waals surface area contributed by atoms with Gasteiger partial charge in [0.15, 0.2) is 0 Å². The van der Waals surface area contributed by atoms with Crippen LogP contribution in [0.25, 0.3) is 0 Å². The summed E-state index contributed by atoms with van der Waals surface area (Å²) < 4.78 is 11.4. The Bertz CT molecular complexity index is 202. The summed E-state index contributed by atoms with van der Waals surface area (Å²) in [5, 5.41) is 0. The van der Waals surface area contributed by atoms with Gasteiger partial charge in [-0.3, -0.25) is 0 Å². The Kier molecular flexibility index (Phi) is 19.2. The molecule has 0 amide bonds. The van der Waals surface area contributed by atoms with Gasteiger partial charge in [0.25, 0.3) is 0 Å². The molecule has 0 aromatic heterocycles. The standard InChI is InChI=1S/C22H46O2/c1-21(2)15-9-5-6-11-17-23-19-13-8-14-20-24-18-12-7-10-16-22(3)4/h21-22H,5-20H2,1-4H3. The van der Waals surface area contributed by atoms with Crippen molar-refractivity contribution >= 4 is 0 Å². The van der Waals surface area contributed by atoms with E-state index in [1.807, 2.05) is 0 Å². The molecule has 0 rings (SSSR count). The highest BCUT2D eigenvalue weighted by atomic mass is 16.5. The van der Waals surface area contributed by atoms with Gasteiger partial charge >= 0.3 is 0 Å². The topological polar surface area (TPSA) is 18.5 Å². The van der Waals surface area contributed by atoms with Crippen LogP contribution in [0.3, 0.4) is 0 Å². The molecule has 0 aliphatic heterocycles. The molecular formula is C22H46O2. The third-order valence-electron chi connectivity index (χ3n) is 4.47. The predicted octanol–water partition coefficient (Wildman–Crippen LogP) is 7.01. The summed E-state index contributed by atoms with van der Waals surface area (Å²) in [6.07, 6.45) is 15.6. The van der Waals surface area contributed by atoms with Crippen molar-refractivity contribution in [1.82, 2.24) is 0 Å². The van der Waals surface area contributed by atoms with Gasteiger partial charge in [-0.15, -0.1) is 0 Å². The fraction of sp³-hybridized carbons (Fsp3) is 1.00. The Labute approximate surface area is 153 Å². The fourth-order valence-corrected chi connectivity index (χ4v) is 2.83. The van der Waals surface area contributed by atoms with Crippen molar-refractivity contribution in [2.75, 3.05) is 26.4 Å². The van der Waals surface area contributed by atoms with Gasteiger partial charge in [0, 0.05) is 26.4 Å². The highest BCUT2D eigenvalue weighted by Crippen LogP contribution is 2.10. The van der Waals surface area contributed by atoms with Crippen LogP contribution in [0.4, 0.5) is 0 Å². The lowest BCUT2D eigenvalue weighted by Gasteiger charge is -2.07. The van der Waals surface area contributed by atoms with E-state index < -0.39 is 0 Å². The highest BCUT2D eigenvalue weighted by molar-refractivity contribution is 4.49. The number of hydrogen-bond donors (Lipinski definition) is 0. The first kappa shape index (κ1) is 23.9. The van der Waals surface area contributed by atoms with Gasteiger partial charge in [0.2, 0.25) is 0 Å². The van der Waals surface area contributed by atoms with Crippen molar-refractivity contribution < 1.29 is 9.47 Å². The lowest BCUT2D eigenvalue weighted by molar-refractivity contribution is 0.111. The third-order valence-corrected chi connectivity index (χ3v) is 4.47. The van der Waals surface area contributed by atoms with E-state index >= 15 is 0 Å². The second kappa shape index (κ2) is 19.2.